The quantitative estimate of drug-likeness (QED) is 0.117. The molecule has 3 aromatic carbocycles. The van der Waals surface area contributed by atoms with Crippen molar-refractivity contribution in [2.24, 2.45) is 11.8 Å². The van der Waals surface area contributed by atoms with Crippen LogP contribution in [0.25, 0.3) is 44.2 Å². The van der Waals surface area contributed by atoms with Crippen molar-refractivity contribution in [2.75, 3.05) is 40.5 Å². The van der Waals surface area contributed by atoms with E-state index in [-0.39, 0.29) is 36.2 Å². The first-order chi connectivity index (χ1) is 30.4. The van der Waals surface area contributed by atoms with Crippen molar-refractivity contribution in [2.45, 2.75) is 96.2 Å². The van der Waals surface area contributed by atoms with Gasteiger partial charge in [0.1, 0.15) is 23.7 Å². The Kier molecular flexibility index (Phi) is 11.4. The highest BCUT2D eigenvalue weighted by Crippen LogP contribution is 2.44. The molecule has 5 heterocycles. The van der Waals surface area contributed by atoms with Gasteiger partial charge in [-0.25, -0.2) is 19.6 Å². The Balaban J connectivity index is 0.983. The van der Waals surface area contributed by atoms with Gasteiger partial charge >= 0.3 is 12.2 Å². The number of aromatic amines is 2. The fraction of sp³-hybridized carbons (Fsp3) is 0.489. The predicted molar refractivity (Wildman–Crippen MR) is 234 cm³/mol. The lowest BCUT2D eigenvalue weighted by Crippen LogP contribution is -2.52. The summed E-state index contributed by atoms with van der Waals surface area (Å²) in [6.07, 6.45) is 5.50. The van der Waals surface area contributed by atoms with Crippen molar-refractivity contribution >= 4 is 45.8 Å². The van der Waals surface area contributed by atoms with Crippen LogP contribution in [0.5, 0.6) is 0 Å². The van der Waals surface area contributed by atoms with Crippen LogP contribution in [-0.2, 0) is 41.4 Å². The summed E-state index contributed by atoms with van der Waals surface area (Å²) in [5, 5.41) is 7.54. The molecule has 4 N–H and O–H groups in total. The van der Waals surface area contributed by atoms with E-state index in [0.29, 0.717) is 32.0 Å². The van der Waals surface area contributed by atoms with Crippen molar-refractivity contribution in [3.8, 4) is 22.4 Å². The Morgan fingerprint density at radius 1 is 0.794 bits per heavy atom. The third kappa shape index (κ3) is 7.77. The van der Waals surface area contributed by atoms with Gasteiger partial charge in [0.15, 0.2) is 5.79 Å². The van der Waals surface area contributed by atoms with Crippen molar-refractivity contribution in [3.63, 3.8) is 0 Å². The van der Waals surface area contributed by atoms with E-state index in [0.717, 1.165) is 76.6 Å². The van der Waals surface area contributed by atoms with Crippen LogP contribution in [0.2, 0.25) is 0 Å². The number of likely N-dealkylation sites (tertiary alicyclic amines) is 2. The molecule has 0 bridgehead atoms. The Labute approximate surface area is 365 Å². The van der Waals surface area contributed by atoms with Gasteiger partial charge in [-0.3, -0.25) is 9.59 Å². The third-order valence-corrected chi connectivity index (χ3v) is 13.3. The van der Waals surface area contributed by atoms with E-state index < -0.39 is 36.1 Å². The van der Waals surface area contributed by atoms with Gasteiger partial charge in [0, 0.05) is 23.9 Å². The van der Waals surface area contributed by atoms with E-state index in [1.165, 1.54) is 30.9 Å². The Bertz CT molecular complexity index is 2580. The van der Waals surface area contributed by atoms with Crippen molar-refractivity contribution < 1.29 is 38.1 Å². The van der Waals surface area contributed by atoms with Crippen LogP contribution in [-0.4, -0.2) is 112 Å². The first kappa shape index (κ1) is 42.3. The molecule has 3 saturated heterocycles. The summed E-state index contributed by atoms with van der Waals surface area (Å²) >= 11 is 0. The number of hydrogen-bond donors (Lipinski definition) is 4. The lowest BCUT2D eigenvalue weighted by atomic mass is 9.91. The van der Waals surface area contributed by atoms with Crippen LogP contribution in [0.1, 0.15) is 88.2 Å². The number of benzene rings is 3. The van der Waals surface area contributed by atoms with Gasteiger partial charge in [-0.05, 0) is 83.7 Å². The van der Waals surface area contributed by atoms with Crippen LogP contribution in [0, 0.1) is 11.8 Å². The van der Waals surface area contributed by atoms with Crippen LogP contribution < -0.4 is 10.6 Å². The second kappa shape index (κ2) is 16.9. The van der Waals surface area contributed by atoms with Crippen LogP contribution in [0.15, 0.2) is 48.7 Å². The number of aromatic nitrogens is 4. The summed E-state index contributed by atoms with van der Waals surface area (Å²) in [7, 11) is 2.58. The fourth-order valence-electron chi connectivity index (χ4n) is 10.1. The SMILES string of the molecule is COC(=O)N[C@H](C(=O)N1CC2(C[C@H]1c1ncc(-c3ccc(-c4ccc5c(ccc6[nH]c([C@@H]7CCCN7C(=O)[C@@H](NC(=O)OC)C(C)C)nc65)c4)c4c3CCC4)[nH]1)OCCO2)C(C)C. The molecular weight excluding hydrogens is 805 g/mol. The van der Waals surface area contributed by atoms with E-state index in [1.54, 1.807) is 4.90 Å². The number of imidazole rings is 2. The van der Waals surface area contributed by atoms with Crippen LogP contribution >= 0.6 is 0 Å². The monoisotopic (exact) mass is 860 g/mol. The van der Waals surface area contributed by atoms with Gasteiger partial charge in [-0.1, -0.05) is 58.0 Å². The molecule has 16 nitrogen and oxygen atoms in total. The normalized spacial score (nSPS) is 20.3. The summed E-state index contributed by atoms with van der Waals surface area (Å²) in [6.45, 7) is 9.29. The standard InChI is InChI=1S/C47H56N8O8/c1-25(2)38(52-45(58)60-5)43(56)54-18-8-11-36(54)42-49-34-17-13-28-21-27(12-14-30(28)40(34)51-42)29-15-16-33(32-10-7-9-31(29)32)35-23-48-41(50-35)37-22-47(62-19-20-63-47)24-55(37)44(57)39(26(3)4)53-46(59)61-6/h12-17,21,23,25-26,36-39H,7-11,18-20,22,24H2,1-6H3,(H,48,50)(H,49,51)(H,52,58)(H,53,59)/t36-,37-,38-,39-/m0/s1. The molecule has 0 unspecified atom stereocenters. The number of nitrogens with one attached hydrogen (secondary N) is 4. The Hall–Kier alpha value is -6.00. The smallest absolute Gasteiger partial charge is 0.407 e. The highest BCUT2D eigenvalue weighted by atomic mass is 16.7. The topological polar surface area (TPSA) is 193 Å². The second-order valence-corrected chi connectivity index (χ2v) is 17.9. The highest BCUT2D eigenvalue weighted by Gasteiger charge is 2.53. The van der Waals surface area contributed by atoms with Gasteiger partial charge < -0.3 is 49.3 Å². The van der Waals surface area contributed by atoms with Crippen molar-refractivity contribution in [3.05, 3.63) is 71.4 Å². The molecule has 9 rings (SSSR count). The molecular formula is C47H56N8O8. The maximum absolute atomic E-state index is 14.1. The van der Waals surface area contributed by atoms with E-state index in [2.05, 4.69) is 63.1 Å². The second-order valence-electron chi connectivity index (χ2n) is 17.9. The van der Waals surface area contributed by atoms with E-state index in [9.17, 15) is 19.2 Å². The zero-order valence-electron chi connectivity index (χ0n) is 36.7. The Morgan fingerprint density at radius 3 is 2.14 bits per heavy atom. The number of hydrogen-bond acceptors (Lipinski definition) is 10. The Morgan fingerprint density at radius 2 is 1.46 bits per heavy atom. The molecule has 5 aromatic rings. The average Bonchev–Trinajstić information content (AvgIpc) is 4.15. The number of nitrogens with zero attached hydrogens (tertiary/aromatic N) is 4. The summed E-state index contributed by atoms with van der Waals surface area (Å²) < 4.78 is 21.8. The summed E-state index contributed by atoms with van der Waals surface area (Å²) in [6, 6.07) is 12.9. The molecule has 4 aliphatic rings. The molecule has 3 aliphatic heterocycles. The number of alkyl carbamates (subject to hydrolysis) is 2. The van der Waals surface area contributed by atoms with Gasteiger partial charge in [0.2, 0.25) is 11.8 Å². The lowest BCUT2D eigenvalue weighted by Gasteiger charge is -2.30. The molecule has 0 radical (unpaired) electrons. The maximum Gasteiger partial charge on any atom is 0.407 e. The molecule has 16 heteroatoms. The number of carbonyl (C=O) groups is 4. The minimum absolute atomic E-state index is 0.118. The summed E-state index contributed by atoms with van der Waals surface area (Å²) in [5.74, 6) is -0.255. The zero-order valence-corrected chi connectivity index (χ0v) is 36.7. The average molecular weight is 861 g/mol. The maximum atomic E-state index is 14.1. The van der Waals surface area contributed by atoms with E-state index >= 15 is 0 Å². The van der Waals surface area contributed by atoms with Crippen molar-refractivity contribution in [1.82, 2.24) is 40.4 Å². The molecule has 2 aromatic heterocycles. The molecule has 4 amide bonds. The van der Waals surface area contributed by atoms with E-state index in [1.807, 2.05) is 38.8 Å². The first-order valence-corrected chi connectivity index (χ1v) is 22.1. The van der Waals surface area contributed by atoms with E-state index in [4.69, 9.17) is 28.9 Å². The third-order valence-electron chi connectivity index (χ3n) is 13.3. The number of ether oxygens (including phenoxy) is 4. The summed E-state index contributed by atoms with van der Waals surface area (Å²) in [4.78, 5) is 72.9. The molecule has 3 fully saturated rings. The first-order valence-electron chi connectivity index (χ1n) is 22.1. The fourth-order valence-corrected chi connectivity index (χ4v) is 10.1. The van der Waals surface area contributed by atoms with Gasteiger partial charge in [0.25, 0.3) is 0 Å². The molecule has 332 valence electrons. The number of carbonyl (C=O) groups excluding carboxylic acids is 4. The summed E-state index contributed by atoms with van der Waals surface area (Å²) in [5.41, 5.74) is 8.65. The predicted octanol–water partition coefficient (Wildman–Crippen LogP) is 6.70. The number of amides is 4. The number of fused-ring (bicyclic) bond motifs is 4. The largest absolute Gasteiger partial charge is 0.453 e. The molecule has 1 spiro atoms. The van der Waals surface area contributed by atoms with Gasteiger partial charge in [-0.15, -0.1) is 0 Å². The lowest BCUT2D eigenvalue weighted by molar-refractivity contribution is -0.153. The zero-order chi connectivity index (χ0) is 44.2. The van der Waals surface area contributed by atoms with Crippen LogP contribution in [0.4, 0.5) is 9.59 Å². The van der Waals surface area contributed by atoms with Gasteiger partial charge in [0.05, 0.1) is 69.0 Å². The van der Waals surface area contributed by atoms with Crippen molar-refractivity contribution in [1.29, 1.82) is 0 Å². The molecule has 1 aliphatic carbocycles. The highest BCUT2D eigenvalue weighted by molar-refractivity contribution is 6.05. The number of methoxy groups -OCH3 is 2. The number of H-pyrrole nitrogens is 2. The molecule has 63 heavy (non-hydrogen) atoms. The minimum atomic E-state index is -0.936. The number of rotatable bonds is 10. The van der Waals surface area contributed by atoms with Crippen LogP contribution in [0.3, 0.4) is 0 Å². The minimum Gasteiger partial charge on any atom is -0.453 e. The molecule has 0 saturated carbocycles. The van der Waals surface area contributed by atoms with Gasteiger partial charge in [-0.2, -0.15) is 0 Å². The molecule has 4 atom stereocenters.